The molecule has 8 nitrogen and oxygen atoms in total. The standard InChI is InChI=1S/C20H20FN5O3/c1-2-29-18(27)12-17(22-20(28)19-23-25-26-24-19)10-13-6-8-14(9-7-13)15-4-3-5-16(21)11-15/h3-9,11,17H,2,10,12H2,1H3,(H,22,28)(H,23,24,25,26). The van der Waals surface area contributed by atoms with Crippen LogP contribution in [-0.4, -0.2) is 45.1 Å². The van der Waals surface area contributed by atoms with Gasteiger partial charge in [-0.3, -0.25) is 9.59 Å². The number of hydrogen-bond donors (Lipinski definition) is 2. The molecule has 0 aliphatic carbocycles. The SMILES string of the molecule is CCOC(=O)CC(Cc1ccc(-c2cccc(F)c2)cc1)NC(=O)c1nn[nH]n1. The number of H-pyrrole nitrogens is 1. The molecule has 1 aromatic heterocycles. The van der Waals surface area contributed by atoms with Crippen molar-refractivity contribution in [3.8, 4) is 11.1 Å². The minimum atomic E-state index is -0.538. The van der Waals surface area contributed by atoms with Gasteiger partial charge in [0.25, 0.3) is 11.7 Å². The molecule has 29 heavy (non-hydrogen) atoms. The second kappa shape index (κ2) is 9.54. The Morgan fingerprint density at radius 1 is 1.17 bits per heavy atom. The van der Waals surface area contributed by atoms with Gasteiger partial charge in [-0.15, -0.1) is 10.2 Å². The summed E-state index contributed by atoms with van der Waals surface area (Å²) in [5, 5.41) is 15.6. The first-order chi connectivity index (χ1) is 14.0. The van der Waals surface area contributed by atoms with Crippen LogP contribution in [0.1, 0.15) is 29.5 Å². The van der Waals surface area contributed by atoms with Crippen LogP contribution in [-0.2, 0) is 16.0 Å². The highest BCUT2D eigenvalue weighted by atomic mass is 19.1. The predicted octanol–water partition coefficient (Wildman–Crippen LogP) is 2.30. The maximum Gasteiger partial charge on any atom is 0.307 e. The highest BCUT2D eigenvalue weighted by Crippen LogP contribution is 2.21. The number of nitrogens with one attached hydrogen (secondary N) is 2. The zero-order valence-corrected chi connectivity index (χ0v) is 15.8. The van der Waals surface area contributed by atoms with Gasteiger partial charge in [0, 0.05) is 6.04 Å². The van der Waals surface area contributed by atoms with E-state index in [0.717, 1.165) is 16.7 Å². The first-order valence-corrected chi connectivity index (χ1v) is 9.10. The lowest BCUT2D eigenvalue weighted by Crippen LogP contribution is -2.39. The third kappa shape index (κ3) is 5.68. The van der Waals surface area contributed by atoms with Gasteiger partial charge in [0.2, 0.25) is 0 Å². The van der Waals surface area contributed by atoms with Crippen molar-refractivity contribution in [3.05, 3.63) is 65.7 Å². The highest BCUT2D eigenvalue weighted by Gasteiger charge is 2.21. The summed E-state index contributed by atoms with van der Waals surface area (Å²) in [6.07, 6.45) is 0.398. The van der Waals surface area contributed by atoms with E-state index in [9.17, 15) is 14.0 Å². The fourth-order valence-electron chi connectivity index (χ4n) is 2.89. The summed E-state index contributed by atoms with van der Waals surface area (Å²) in [5.41, 5.74) is 2.53. The van der Waals surface area contributed by atoms with Crippen molar-refractivity contribution >= 4 is 11.9 Å². The van der Waals surface area contributed by atoms with Gasteiger partial charge in [0.15, 0.2) is 0 Å². The van der Waals surface area contributed by atoms with E-state index in [4.69, 9.17) is 4.74 Å². The molecule has 3 aromatic rings. The molecule has 3 rings (SSSR count). The molecule has 0 bridgehead atoms. The van der Waals surface area contributed by atoms with E-state index in [1.54, 1.807) is 13.0 Å². The summed E-state index contributed by atoms with van der Waals surface area (Å²) in [7, 11) is 0. The molecule has 1 atom stereocenters. The van der Waals surface area contributed by atoms with Gasteiger partial charge in [0.1, 0.15) is 5.82 Å². The van der Waals surface area contributed by atoms with Gasteiger partial charge in [-0.05, 0) is 47.4 Å². The molecule has 1 unspecified atom stereocenters. The largest absolute Gasteiger partial charge is 0.466 e. The fraction of sp³-hybridized carbons (Fsp3) is 0.250. The van der Waals surface area contributed by atoms with Crippen molar-refractivity contribution in [1.29, 1.82) is 0 Å². The Bertz CT molecular complexity index is 961. The number of nitrogens with zero attached hydrogens (tertiary/aromatic N) is 3. The molecule has 1 amide bonds. The number of ether oxygens (including phenoxy) is 1. The smallest absolute Gasteiger partial charge is 0.307 e. The normalized spacial score (nSPS) is 11.7. The second-order valence-corrected chi connectivity index (χ2v) is 6.33. The zero-order chi connectivity index (χ0) is 20.6. The third-order valence-corrected chi connectivity index (χ3v) is 4.20. The summed E-state index contributed by atoms with van der Waals surface area (Å²) in [5.74, 6) is -1.36. The molecule has 0 aliphatic heterocycles. The number of esters is 1. The Hall–Kier alpha value is -3.62. The van der Waals surface area contributed by atoms with Crippen molar-refractivity contribution in [3.63, 3.8) is 0 Å². The molecule has 9 heteroatoms. The minimum absolute atomic E-state index is 0.00305. The number of amides is 1. The zero-order valence-electron chi connectivity index (χ0n) is 15.8. The minimum Gasteiger partial charge on any atom is -0.466 e. The van der Waals surface area contributed by atoms with E-state index in [0.29, 0.717) is 6.42 Å². The lowest BCUT2D eigenvalue weighted by atomic mass is 9.99. The van der Waals surface area contributed by atoms with Crippen LogP contribution in [0.3, 0.4) is 0 Å². The fourth-order valence-corrected chi connectivity index (χ4v) is 2.89. The van der Waals surface area contributed by atoms with E-state index >= 15 is 0 Å². The quantitative estimate of drug-likeness (QED) is 0.565. The monoisotopic (exact) mass is 397 g/mol. The summed E-state index contributed by atoms with van der Waals surface area (Å²) >= 11 is 0. The Balaban J connectivity index is 1.72. The van der Waals surface area contributed by atoms with Gasteiger partial charge < -0.3 is 10.1 Å². The van der Waals surface area contributed by atoms with Crippen LogP contribution in [0.4, 0.5) is 4.39 Å². The number of carbonyl (C=O) groups excluding carboxylic acids is 2. The Morgan fingerprint density at radius 2 is 1.97 bits per heavy atom. The molecule has 0 fully saturated rings. The number of rotatable bonds is 8. The molecule has 2 N–H and O–H groups in total. The van der Waals surface area contributed by atoms with Crippen LogP contribution in [0.25, 0.3) is 11.1 Å². The molecule has 2 aromatic carbocycles. The Kier molecular flexibility index (Phi) is 6.62. The van der Waals surface area contributed by atoms with Gasteiger partial charge in [0.05, 0.1) is 13.0 Å². The summed E-state index contributed by atoms with van der Waals surface area (Å²) < 4.78 is 18.4. The van der Waals surface area contributed by atoms with Crippen LogP contribution in [0.5, 0.6) is 0 Å². The van der Waals surface area contributed by atoms with Crippen molar-refractivity contribution in [2.45, 2.75) is 25.8 Å². The van der Waals surface area contributed by atoms with Gasteiger partial charge in [-0.1, -0.05) is 36.4 Å². The molecule has 0 aliphatic rings. The Labute approximate surface area is 166 Å². The molecule has 0 radical (unpaired) electrons. The van der Waals surface area contributed by atoms with Crippen molar-refractivity contribution < 1.29 is 18.7 Å². The van der Waals surface area contributed by atoms with Crippen LogP contribution < -0.4 is 5.32 Å². The van der Waals surface area contributed by atoms with E-state index < -0.39 is 17.9 Å². The number of tetrazole rings is 1. The number of halogens is 1. The molecule has 0 saturated heterocycles. The average Bonchev–Trinajstić information content (AvgIpc) is 3.24. The van der Waals surface area contributed by atoms with E-state index in [1.807, 2.05) is 30.3 Å². The van der Waals surface area contributed by atoms with E-state index in [2.05, 4.69) is 25.9 Å². The number of aromatic amines is 1. The summed E-state index contributed by atoms with van der Waals surface area (Å²) in [6.45, 7) is 1.97. The van der Waals surface area contributed by atoms with Crippen molar-refractivity contribution in [2.24, 2.45) is 0 Å². The topological polar surface area (TPSA) is 110 Å². The van der Waals surface area contributed by atoms with Gasteiger partial charge >= 0.3 is 5.97 Å². The summed E-state index contributed by atoms with van der Waals surface area (Å²) in [6, 6.07) is 13.3. The van der Waals surface area contributed by atoms with Crippen molar-refractivity contribution in [1.82, 2.24) is 25.9 Å². The van der Waals surface area contributed by atoms with E-state index in [1.165, 1.54) is 12.1 Å². The van der Waals surface area contributed by atoms with Crippen LogP contribution in [0, 0.1) is 5.82 Å². The highest BCUT2D eigenvalue weighted by molar-refractivity contribution is 5.90. The number of hydrogen-bond acceptors (Lipinski definition) is 6. The Morgan fingerprint density at radius 3 is 2.62 bits per heavy atom. The van der Waals surface area contributed by atoms with Crippen LogP contribution in [0.2, 0.25) is 0 Å². The predicted molar refractivity (Wildman–Crippen MR) is 102 cm³/mol. The van der Waals surface area contributed by atoms with Crippen molar-refractivity contribution in [2.75, 3.05) is 6.61 Å². The van der Waals surface area contributed by atoms with Crippen LogP contribution >= 0.6 is 0 Å². The molecule has 150 valence electrons. The van der Waals surface area contributed by atoms with Gasteiger partial charge in [-0.25, -0.2) is 4.39 Å². The molecular formula is C20H20FN5O3. The lowest BCUT2D eigenvalue weighted by Gasteiger charge is -2.17. The first-order valence-electron chi connectivity index (χ1n) is 9.10. The summed E-state index contributed by atoms with van der Waals surface area (Å²) in [4.78, 5) is 24.2. The maximum atomic E-state index is 13.4. The van der Waals surface area contributed by atoms with Gasteiger partial charge in [-0.2, -0.15) is 5.21 Å². The number of carbonyl (C=O) groups is 2. The van der Waals surface area contributed by atoms with E-state index in [-0.39, 0.29) is 24.7 Å². The third-order valence-electron chi connectivity index (χ3n) is 4.20. The van der Waals surface area contributed by atoms with Crippen LogP contribution in [0.15, 0.2) is 48.5 Å². The second-order valence-electron chi connectivity index (χ2n) is 6.33. The number of aromatic nitrogens is 4. The molecule has 0 saturated carbocycles. The number of benzene rings is 2. The maximum absolute atomic E-state index is 13.4. The molecular weight excluding hydrogens is 377 g/mol. The average molecular weight is 397 g/mol. The first kappa shape index (κ1) is 20.1. The lowest BCUT2D eigenvalue weighted by molar-refractivity contribution is -0.143. The molecule has 0 spiro atoms. The molecule has 1 heterocycles.